The van der Waals surface area contributed by atoms with E-state index < -0.39 is 0 Å². The molecule has 2 aromatic rings. The summed E-state index contributed by atoms with van der Waals surface area (Å²) < 4.78 is 5.44. The first kappa shape index (κ1) is 15.6. The summed E-state index contributed by atoms with van der Waals surface area (Å²) in [5.74, 6) is 0. The molecule has 0 aromatic heterocycles. The van der Waals surface area contributed by atoms with Gasteiger partial charge in [0.15, 0.2) is 0 Å². The highest BCUT2D eigenvalue weighted by atomic mass is 32.2. The number of anilines is 4. The average Bonchev–Trinajstić information content (AvgIpc) is 2.59. The van der Waals surface area contributed by atoms with E-state index in [0.29, 0.717) is 0 Å². The Hall–Kier alpha value is -1.89. The van der Waals surface area contributed by atoms with Gasteiger partial charge >= 0.3 is 0 Å². The molecule has 2 aliphatic heterocycles. The van der Waals surface area contributed by atoms with Crippen LogP contribution in [0.3, 0.4) is 0 Å². The molecule has 2 heterocycles. The number of nitrogen functional groups attached to an aromatic ring is 2. The van der Waals surface area contributed by atoms with E-state index in [1.807, 2.05) is 24.3 Å². The summed E-state index contributed by atoms with van der Waals surface area (Å²) in [6.45, 7) is 5.62. The van der Waals surface area contributed by atoms with Crippen molar-refractivity contribution in [2.45, 2.75) is 9.79 Å². The summed E-state index contributed by atoms with van der Waals surface area (Å²) in [6, 6.07) is 12.3. The molecule has 24 heavy (non-hydrogen) atoms. The van der Waals surface area contributed by atoms with Crippen LogP contribution in [0.25, 0.3) is 0 Å². The molecule has 2 aliphatic rings. The molecule has 1 fully saturated rings. The number of benzene rings is 2. The van der Waals surface area contributed by atoms with Gasteiger partial charge in [-0.1, -0.05) is 11.8 Å². The zero-order valence-corrected chi connectivity index (χ0v) is 14.4. The molecule has 0 bridgehead atoms. The van der Waals surface area contributed by atoms with Gasteiger partial charge in [0.25, 0.3) is 0 Å². The predicted molar refractivity (Wildman–Crippen MR) is 100 cm³/mol. The lowest BCUT2D eigenvalue weighted by Crippen LogP contribution is -2.41. The zero-order chi connectivity index (χ0) is 16.5. The molecule has 6 heteroatoms. The van der Waals surface area contributed by atoms with Gasteiger partial charge in [0.2, 0.25) is 0 Å². The molecule has 0 atom stereocenters. The van der Waals surface area contributed by atoms with Crippen molar-refractivity contribution in [1.29, 1.82) is 0 Å². The SMILES string of the molecule is Nc1ccc2c(c1)Sc1cc(N)ccc1N2CCN1CCOCC1. The second-order valence-corrected chi connectivity index (χ2v) is 7.25. The average molecular weight is 342 g/mol. The van der Waals surface area contributed by atoms with Crippen LogP contribution < -0.4 is 16.4 Å². The summed E-state index contributed by atoms with van der Waals surface area (Å²) in [5.41, 5.74) is 16.0. The van der Waals surface area contributed by atoms with Crippen molar-refractivity contribution in [3.63, 3.8) is 0 Å². The van der Waals surface area contributed by atoms with Crippen LogP contribution in [-0.2, 0) is 4.74 Å². The number of ether oxygens (including phenoxy) is 1. The highest BCUT2D eigenvalue weighted by Crippen LogP contribution is 2.49. The van der Waals surface area contributed by atoms with Crippen LogP contribution >= 0.6 is 11.8 Å². The van der Waals surface area contributed by atoms with Crippen molar-refractivity contribution in [2.24, 2.45) is 0 Å². The molecule has 4 rings (SSSR count). The van der Waals surface area contributed by atoms with Crippen molar-refractivity contribution in [3.8, 4) is 0 Å². The third-order valence-electron chi connectivity index (χ3n) is 4.51. The molecule has 0 radical (unpaired) electrons. The van der Waals surface area contributed by atoms with Crippen LogP contribution in [0.4, 0.5) is 22.7 Å². The Kier molecular flexibility index (Phi) is 4.26. The monoisotopic (exact) mass is 342 g/mol. The Balaban J connectivity index is 1.64. The first-order valence-corrected chi connectivity index (χ1v) is 9.07. The number of fused-ring (bicyclic) bond motifs is 2. The Morgan fingerprint density at radius 3 is 2.04 bits per heavy atom. The minimum atomic E-state index is 0.793. The Labute approximate surface area is 146 Å². The Bertz CT molecular complexity index is 694. The Morgan fingerprint density at radius 1 is 0.875 bits per heavy atom. The van der Waals surface area contributed by atoms with E-state index in [4.69, 9.17) is 16.2 Å². The molecule has 0 unspecified atom stereocenters. The van der Waals surface area contributed by atoms with Gasteiger partial charge in [0, 0.05) is 47.3 Å². The fourth-order valence-corrected chi connectivity index (χ4v) is 4.42. The lowest BCUT2D eigenvalue weighted by atomic mass is 10.2. The van der Waals surface area contributed by atoms with Crippen LogP contribution in [0, 0.1) is 0 Å². The first-order valence-electron chi connectivity index (χ1n) is 8.25. The van der Waals surface area contributed by atoms with Gasteiger partial charge in [-0.05, 0) is 36.4 Å². The van der Waals surface area contributed by atoms with Gasteiger partial charge in [0.1, 0.15) is 0 Å². The van der Waals surface area contributed by atoms with Crippen LogP contribution in [0.5, 0.6) is 0 Å². The van der Waals surface area contributed by atoms with Crippen molar-refractivity contribution in [3.05, 3.63) is 36.4 Å². The van der Waals surface area contributed by atoms with Crippen LogP contribution in [-0.4, -0.2) is 44.3 Å². The van der Waals surface area contributed by atoms with E-state index in [2.05, 4.69) is 21.9 Å². The van der Waals surface area contributed by atoms with Crippen LogP contribution in [0.15, 0.2) is 46.2 Å². The number of hydrogen-bond donors (Lipinski definition) is 2. The fourth-order valence-electron chi connectivity index (χ4n) is 3.23. The molecule has 4 N–H and O–H groups in total. The molecule has 2 aromatic carbocycles. The molecule has 0 aliphatic carbocycles. The van der Waals surface area contributed by atoms with Crippen LogP contribution in [0.2, 0.25) is 0 Å². The summed E-state index contributed by atoms with van der Waals surface area (Å²) in [6.07, 6.45) is 0. The molecule has 0 saturated carbocycles. The van der Waals surface area contributed by atoms with E-state index in [1.54, 1.807) is 11.8 Å². The smallest absolute Gasteiger partial charge is 0.0594 e. The molecular weight excluding hydrogens is 320 g/mol. The van der Waals surface area contributed by atoms with Gasteiger partial charge in [-0.15, -0.1) is 0 Å². The normalized spacial score (nSPS) is 17.4. The van der Waals surface area contributed by atoms with E-state index in [9.17, 15) is 0 Å². The maximum Gasteiger partial charge on any atom is 0.0594 e. The number of hydrogen-bond acceptors (Lipinski definition) is 6. The lowest BCUT2D eigenvalue weighted by molar-refractivity contribution is 0.0394. The van der Waals surface area contributed by atoms with Gasteiger partial charge in [-0.25, -0.2) is 0 Å². The van der Waals surface area contributed by atoms with Gasteiger partial charge in [0.05, 0.1) is 24.6 Å². The van der Waals surface area contributed by atoms with E-state index in [0.717, 1.165) is 50.8 Å². The summed E-state index contributed by atoms with van der Waals surface area (Å²) in [7, 11) is 0. The summed E-state index contributed by atoms with van der Waals surface area (Å²) in [5, 5.41) is 0. The minimum Gasteiger partial charge on any atom is -0.399 e. The zero-order valence-electron chi connectivity index (χ0n) is 13.6. The summed E-state index contributed by atoms with van der Waals surface area (Å²) >= 11 is 1.74. The molecule has 5 nitrogen and oxygen atoms in total. The fraction of sp³-hybridized carbons (Fsp3) is 0.333. The minimum absolute atomic E-state index is 0.793. The van der Waals surface area contributed by atoms with Crippen LogP contribution in [0.1, 0.15) is 0 Å². The number of nitrogens with two attached hydrogens (primary N) is 2. The molecule has 1 saturated heterocycles. The lowest BCUT2D eigenvalue weighted by Gasteiger charge is -2.35. The van der Waals surface area contributed by atoms with E-state index in [-0.39, 0.29) is 0 Å². The van der Waals surface area contributed by atoms with Crippen molar-refractivity contribution < 1.29 is 4.74 Å². The molecule has 126 valence electrons. The van der Waals surface area contributed by atoms with Gasteiger partial charge < -0.3 is 21.1 Å². The highest BCUT2D eigenvalue weighted by molar-refractivity contribution is 7.99. The van der Waals surface area contributed by atoms with Gasteiger partial charge in [-0.3, -0.25) is 4.90 Å². The van der Waals surface area contributed by atoms with E-state index in [1.165, 1.54) is 21.2 Å². The molecular formula is C18H22N4OS. The third kappa shape index (κ3) is 3.05. The standard InChI is InChI=1S/C18H22N4OS/c19-13-1-3-15-17(11-13)24-18-12-14(20)2-4-16(18)22(15)6-5-21-7-9-23-10-8-21/h1-4,11-12H,5-10,19-20H2. The van der Waals surface area contributed by atoms with Crippen molar-refractivity contribution in [2.75, 3.05) is 55.8 Å². The third-order valence-corrected chi connectivity index (χ3v) is 5.61. The second-order valence-electron chi connectivity index (χ2n) is 6.16. The van der Waals surface area contributed by atoms with Crippen molar-refractivity contribution >= 4 is 34.5 Å². The van der Waals surface area contributed by atoms with Gasteiger partial charge in [-0.2, -0.15) is 0 Å². The highest BCUT2D eigenvalue weighted by Gasteiger charge is 2.24. The second kappa shape index (κ2) is 6.55. The van der Waals surface area contributed by atoms with Crippen molar-refractivity contribution in [1.82, 2.24) is 4.90 Å². The maximum absolute atomic E-state index is 5.99. The summed E-state index contributed by atoms with van der Waals surface area (Å²) in [4.78, 5) is 7.22. The van der Waals surface area contributed by atoms with E-state index >= 15 is 0 Å². The Morgan fingerprint density at radius 2 is 1.46 bits per heavy atom. The molecule has 0 spiro atoms. The number of morpholine rings is 1. The predicted octanol–water partition coefficient (Wildman–Crippen LogP) is 2.79. The largest absolute Gasteiger partial charge is 0.399 e. The quantitative estimate of drug-likeness (QED) is 0.836. The topological polar surface area (TPSA) is 67.8 Å². The molecule has 0 amide bonds. The maximum atomic E-state index is 5.99. The number of rotatable bonds is 3. The first-order chi connectivity index (χ1) is 11.7. The number of nitrogens with zero attached hydrogens (tertiary/aromatic N) is 2.